The lowest BCUT2D eigenvalue weighted by molar-refractivity contribution is -0.0719. The molecule has 0 spiro atoms. The SMILES string of the molecule is Oc1ccc(C(c2ccc(O)cc2)(C(CF)(CF)CF)C(CF)(CF)CF)cc1. The van der Waals surface area contributed by atoms with Gasteiger partial charge in [0.1, 0.15) is 51.5 Å². The van der Waals surface area contributed by atoms with E-state index >= 15 is 0 Å². The van der Waals surface area contributed by atoms with Crippen LogP contribution < -0.4 is 0 Å². The summed E-state index contributed by atoms with van der Waals surface area (Å²) in [6.45, 7) is -10.1. The molecule has 8 heteroatoms. The number of phenolic OH excluding ortho intramolecular Hbond substituents is 2. The highest BCUT2D eigenvalue weighted by Gasteiger charge is 2.66. The average molecular weight is 420 g/mol. The van der Waals surface area contributed by atoms with Crippen LogP contribution in [0.25, 0.3) is 0 Å². The van der Waals surface area contributed by atoms with E-state index in [1.54, 1.807) is 0 Å². The van der Waals surface area contributed by atoms with Crippen LogP contribution in [0.15, 0.2) is 48.5 Å². The first-order chi connectivity index (χ1) is 13.9. The van der Waals surface area contributed by atoms with Crippen LogP contribution in [-0.2, 0) is 5.41 Å². The van der Waals surface area contributed by atoms with Gasteiger partial charge in [-0.3, -0.25) is 26.3 Å². The van der Waals surface area contributed by atoms with Gasteiger partial charge in [0.2, 0.25) is 0 Å². The summed E-state index contributed by atoms with van der Waals surface area (Å²) in [6, 6.07) is 8.93. The summed E-state index contributed by atoms with van der Waals surface area (Å²) in [5.41, 5.74) is -8.13. The highest BCUT2D eigenvalue weighted by molar-refractivity contribution is 5.49. The van der Waals surface area contributed by atoms with Crippen LogP contribution in [0.2, 0.25) is 0 Å². The van der Waals surface area contributed by atoms with Crippen molar-refractivity contribution in [1.29, 1.82) is 0 Å². The van der Waals surface area contributed by atoms with Gasteiger partial charge in [-0.1, -0.05) is 24.3 Å². The Labute approximate surface area is 164 Å². The molecule has 0 aliphatic rings. The molecule has 0 aromatic heterocycles. The van der Waals surface area contributed by atoms with E-state index in [2.05, 4.69) is 0 Å². The average Bonchev–Trinajstić information content (AvgIpc) is 2.76. The molecule has 2 rings (SSSR count). The second kappa shape index (κ2) is 8.97. The molecule has 0 aliphatic heterocycles. The van der Waals surface area contributed by atoms with Gasteiger partial charge in [-0.25, -0.2) is 0 Å². The van der Waals surface area contributed by atoms with Crippen molar-refractivity contribution in [2.75, 3.05) is 40.0 Å². The van der Waals surface area contributed by atoms with E-state index in [-0.39, 0.29) is 22.6 Å². The molecule has 2 aromatic rings. The number of hydrogen-bond donors (Lipinski definition) is 2. The fourth-order valence-corrected chi connectivity index (χ4v) is 4.19. The maximum atomic E-state index is 14.3. The van der Waals surface area contributed by atoms with Crippen LogP contribution in [0.4, 0.5) is 26.3 Å². The van der Waals surface area contributed by atoms with Gasteiger partial charge < -0.3 is 10.2 Å². The van der Waals surface area contributed by atoms with Gasteiger partial charge in [0.25, 0.3) is 0 Å². The molecule has 0 aliphatic carbocycles. The molecule has 0 fully saturated rings. The smallest absolute Gasteiger partial charge is 0.115 e. The summed E-state index contributed by atoms with van der Waals surface area (Å²) >= 11 is 0. The lowest BCUT2D eigenvalue weighted by atomic mass is 9.47. The number of benzene rings is 2. The van der Waals surface area contributed by atoms with Gasteiger partial charge in [-0.2, -0.15) is 0 Å². The minimum absolute atomic E-state index is 0.165. The van der Waals surface area contributed by atoms with E-state index < -0.39 is 56.3 Å². The minimum atomic E-state index is -2.66. The van der Waals surface area contributed by atoms with Crippen LogP contribution in [0.3, 0.4) is 0 Å². The number of hydrogen-bond acceptors (Lipinski definition) is 2. The lowest BCUT2D eigenvalue weighted by Gasteiger charge is -2.56. The van der Waals surface area contributed by atoms with Crippen molar-refractivity contribution in [3.8, 4) is 11.5 Å². The monoisotopic (exact) mass is 420 g/mol. The predicted octanol–water partition coefficient (Wildman–Crippen LogP) is 5.17. The molecule has 0 unspecified atom stereocenters. The molecular weight excluding hydrogens is 398 g/mol. The topological polar surface area (TPSA) is 40.5 Å². The molecule has 0 saturated heterocycles. The summed E-state index contributed by atoms with van der Waals surface area (Å²) in [7, 11) is 0. The zero-order chi connectivity index (χ0) is 21.7. The molecule has 2 N–H and O–H groups in total. The number of halogens is 6. The minimum Gasteiger partial charge on any atom is -0.508 e. The fourth-order valence-electron chi connectivity index (χ4n) is 4.19. The highest BCUT2D eigenvalue weighted by Crippen LogP contribution is 2.59. The first kappa shape index (κ1) is 22.9. The second-order valence-electron chi connectivity index (χ2n) is 7.21. The summed E-state index contributed by atoms with van der Waals surface area (Å²) in [5.74, 6) is -0.517. The fraction of sp³-hybridized carbons (Fsp3) is 0.429. The second-order valence-corrected chi connectivity index (χ2v) is 7.21. The van der Waals surface area contributed by atoms with Crippen LogP contribution in [0.5, 0.6) is 11.5 Å². The number of aromatic hydroxyl groups is 2. The largest absolute Gasteiger partial charge is 0.508 e. The summed E-state index contributed by atoms with van der Waals surface area (Å²) in [4.78, 5) is 0. The van der Waals surface area contributed by atoms with Gasteiger partial charge in [0.15, 0.2) is 0 Å². The van der Waals surface area contributed by atoms with E-state index in [1.165, 1.54) is 0 Å². The molecule has 0 saturated carbocycles. The number of rotatable bonds is 10. The molecule has 2 aromatic carbocycles. The maximum absolute atomic E-state index is 14.3. The maximum Gasteiger partial charge on any atom is 0.115 e. The summed E-state index contributed by atoms with van der Waals surface area (Å²) in [6.07, 6.45) is 0. The Morgan fingerprint density at radius 3 is 0.931 bits per heavy atom. The van der Waals surface area contributed by atoms with E-state index in [9.17, 15) is 36.6 Å². The molecule has 29 heavy (non-hydrogen) atoms. The molecule has 2 nitrogen and oxygen atoms in total. The van der Waals surface area contributed by atoms with E-state index in [0.717, 1.165) is 48.5 Å². The standard InChI is InChI=1S/C21H22F6O2/c22-9-19(10-23,11-24)21(20(12-25,13-26)14-27,15-1-5-17(28)6-2-15)16-3-7-18(29)8-4-16/h1-8,28-29H,9-14H2. The van der Waals surface area contributed by atoms with E-state index in [1.807, 2.05) is 0 Å². The third-order valence-electron chi connectivity index (χ3n) is 5.73. The van der Waals surface area contributed by atoms with Gasteiger partial charge in [0.05, 0.1) is 10.8 Å². The van der Waals surface area contributed by atoms with Gasteiger partial charge in [-0.15, -0.1) is 0 Å². The number of alkyl halides is 6. The van der Waals surface area contributed by atoms with Crippen molar-refractivity contribution in [3.63, 3.8) is 0 Å². The van der Waals surface area contributed by atoms with Gasteiger partial charge >= 0.3 is 0 Å². The quantitative estimate of drug-likeness (QED) is 0.521. The van der Waals surface area contributed by atoms with Gasteiger partial charge in [-0.05, 0) is 35.4 Å². The third-order valence-corrected chi connectivity index (χ3v) is 5.73. The van der Waals surface area contributed by atoms with Crippen LogP contribution in [0, 0.1) is 10.8 Å². The predicted molar refractivity (Wildman–Crippen MR) is 97.7 cm³/mol. The Kier molecular flexibility index (Phi) is 7.08. The Hall–Kier alpha value is -2.38. The lowest BCUT2D eigenvalue weighted by Crippen LogP contribution is -2.64. The zero-order valence-electron chi connectivity index (χ0n) is 15.5. The molecular formula is C21H22F6O2. The Morgan fingerprint density at radius 2 is 0.724 bits per heavy atom. The van der Waals surface area contributed by atoms with Crippen molar-refractivity contribution in [2.45, 2.75) is 5.41 Å². The first-order valence-corrected chi connectivity index (χ1v) is 8.81. The van der Waals surface area contributed by atoms with Crippen molar-refractivity contribution in [2.24, 2.45) is 10.8 Å². The van der Waals surface area contributed by atoms with Crippen LogP contribution in [-0.4, -0.2) is 50.3 Å². The van der Waals surface area contributed by atoms with E-state index in [4.69, 9.17) is 0 Å². The first-order valence-electron chi connectivity index (χ1n) is 8.81. The molecule has 0 atom stereocenters. The molecule has 0 radical (unpaired) electrons. The van der Waals surface area contributed by atoms with Crippen molar-refractivity contribution < 1.29 is 36.6 Å². The highest BCUT2D eigenvalue weighted by atomic mass is 19.2. The Bertz CT molecular complexity index is 687. The van der Waals surface area contributed by atoms with Crippen molar-refractivity contribution in [3.05, 3.63) is 59.7 Å². The van der Waals surface area contributed by atoms with Crippen LogP contribution in [0.1, 0.15) is 11.1 Å². The Morgan fingerprint density at radius 1 is 0.483 bits per heavy atom. The molecule has 0 bridgehead atoms. The zero-order valence-corrected chi connectivity index (χ0v) is 15.5. The molecule has 0 amide bonds. The summed E-state index contributed by atoms with van der Waals surface area (Å²) < 4.78 is 86.0. The van der Waals surface area contributed by atoms with E-state index in [0.29, 0.717) is 0 Å². The Balaban J connectivity index is 3.11. The molecule has 0 heterocycles. The molecule has 160 valence electrons. The third kappa shape index (κ3) is 3.32. The number of phenols is 2. The van der Waals surface area contributed by atoms with Crippen molar-refractivity contribution >= 4 is 0 Å². The van der Waals surface area contributed by atoms with Gasteiger partial charge in [0, 0.05) is 5.41 Å². The normalized spacial score (nSPS) is 12.9. The van der Waals surface area contributed by atoms with Crippen LogP contribution >= 0.6 is 0 Å². The van der Waals surface area contributed by atoms with Crippen molar-refractivity contribution in [1.82, 2.24) is 0 Å². The summed E-state index contributed by atoms with van der Waals surface area (Å²) in [5, 5.41) is 19.2.